The van der Waals surface area contributed by atoms with E-state index in [4.69, 9.17) is 4.74 Å². The molecule has 10 nitrogen and oxygen atoms in total. The van der Waals surface area contributed by atoms with Crippen molar-refractivity contribution in [3.63, 3.8) is 0 Å². The number of carboxylic acid groups (broad SMARTS) is 1. The van der Waals surface area contributed by atoms with Crippen molar-refractivity contribution in [1.29, 1.82) is 0 Å². The molecule has 0 aliphatic rings. The highest BCUT2D eigenvalue weighted by molar-refractivity contribution is 9.10. The normalized spacial score (nSPS) is 11.3. The van der Waals surface area contributed by atoms with Crippen LogP contribution >= 0.6 is 31.9 Å². The number of hydrogen-bond acceptors (Lipinski definition) is 5. The van der Waals surface area contributed by atoms with Crippen LogP contribution in [0.2, 0.25) is 0 Å². The Morgan fingerprint density at radius 3 is 1.30 bits per heavy atom. The van der Waals surface area contributed by atoms with E-state index in [1.165, 1.54) is 0 Å². The fourth-order valence-corrected chi connectivity index (χ4v) is 10.8. The van der Waals surface area contributed by atoms with E-state index >= 15 is 0 Å². The van der Waals surface area contributed by atoms with Crippen molar-refractivity contribution >= 4 is 77.4 Å². The van der Waals surface area contributed by atoms with Gasteiger partial charge < -0.3 is 29.6 Å². The summed E-state index contributed by atoms with van der Waals surface area (Å²) in [7, 11) is 0. The lowest BCUT2D eigenvalue weighted by molar-refractivity contribution is 0.00699. The fraction of sp³-hybridized carbons (Fsp3) is 0.176. The third-order valence-electron chi connectivity index (χ3n) is 14.5. The van der Waals surface area contributed by atoms with Crippen LogP contribution in [0.15, 0.2) is 191 Å². The van der Waals surface area contributed by atoms with E-state index in [1.54, 1.807) is 12.1 Å². The minimum absolute atomic E-state index is 0.0975. The van der Waals surface area contributed by atoms with Crippen LogP contribution in [-0.4, -0.2) is 43.6 Å². The number of halogens is 2. The van der Waals surface area contributed by atoms with Gasteiger partial charge >= 0.3 is 11.9 Å². The zero-order chi connectivity index (χ0) is 56.8. The van der Waals surface area contributed by atoms with E-state index in [0.29, 0.717) is 54.0 Å². The Labute approximate surface area is 483 Å². The SMILES string of the molecule is Cc1c(C)n(Cc2ccc(-c3ccccc3C(=O)O)cc2)c2ccc(C(=O)NCc3ccccc3Br)cc12.Cc1c(C)n(Cc2ccc(-c3ccccc3C(=O)OC(C)(C)C)cc2)c2ccc(C(=O)NCc3ccccc3Br)cc12. The Kier molecular flexibility index (Phi) is 17.2. The Morgan fingerprint density at radius 2 is 0.887 bits per heavy atom. The highest BCUT2D eigenvalue weighted by Crippen LogP contribution is 2.32. The maximum Gasteiger partial charge on any atom is 0.339 e. The van der Waals surface area contributed by atoms with Crippen LogP contribution in [0, 0.1) is 27.7 Å². The number of carbonyl (C=O) groups excluding carboxylic acids is 3. The molecule has 80 heavy (non-hydrogen) atoms. The second kappa shape index (κ2) is 24.4. The molecule has 8 aromatic carbocycles. The molecule has 12 heteroatoms. The molecule has 0 saturated heterocycles. The Bertz CT molecular complexity index is 3960. The molecule has 3 N–H and O–H groups in total. The van der Waals surface area contributed by atoms with Crippen LogP contribution in [-0.2, 0) is 30.9 Å². The Hall–Kier alpha value is -8.32. The summed E-state index contributed by atoms with van der Waals surface area (Å²) >= 11 is 7.07. The number of benzene rings is 8. The fourth-order valence-electron chi connectivity index (χ4n) is 9.94. The second-order valence-electron chi connectivity index (χ2n) is 20.9. The first-order valence-electron chi connectivity index (χ1n) is 26.4. The standard InChI is InChI=1S/C36H35BrN2O3.C32H27BrN2O3/c1-23-24(2)39(33-19-18-27(20-31(23)33)34(40)38-21-28-10-6-9-13-32(28)37)22-25-14-16-26(17-15-25)29-11-7-8-12-30(29)35(41)42-36(3,4)5;1-20-21(2)35(19-22-11-13-23(14-12-22)26-8-4-5-9-27(26)32(37)38)30-16-15-24(17-28(20)30)31(36)34-18-25-7-3-6-10-29(25)33/h6-20H,21-22H2,1-5H3,(H,38,40);3-17H,18-19H2,1-2H3,(H,34,36)(H,37,38). The van der Waals surface area contributed by atoms with Gasteiger partial charge in [0, 0.05) is 79.4 Å². The topological polar surface area (TPSA) is 132 Å². The van der Waals surface area contributed by atoms with Crippen molar-refractivity contribution in [3.05, 3.63) is 258 Å². The molecule has 0 atom stereocenters. The predicted octanol–water partition coefficient (Wildman–Crippen LogP) is 16.0. The molecule has 0 aliphatic heterocycles. The molecule has 404 valence electrons. The maximum absolute atomic E-state index is 13.0. The third kappa shape index (κ3) is 12.7. The average molecular weight is 1190 g/mol. The van der Waals surface area contributed by atoms with Crippen molar-refractivity contribution in [2.24, 2.45) is 0 Å². The number of amides is 2. The van der Waals surface area contributed by atoms with E-state index in [1.807, 2.05) is 166 Å². The van der Waals surface area contributed by atoms with Gasteiger partial charge in [-0.25, -0.2) is 9.59 Å². The molecule has 0 aliphatic carbocycles. The zero-order valence-corrected chi connectivity index (χ0v) is 49.0. The first-order chi connectivity index (χ1) is 38.3. The van der Waals surface area contributed by atoms with E-state index in [2.05, 4.69) is 104 Å². The highest BCUT2D eigenvalue weighted by atomic mass is 79.9. The Balaban J connectivity index is 0.000000195. The molecule has 10 rings (SSSR count). The maximum atomic E-state index is 13.0. The summed E-state index contributed by atoms with van der Waals surface area (Å²) in [5.74, 6) is -1.46. The second-order valence-corrected chi connectivity index (χ2v) is 22.6. The summed E-state index contributed by atoms with van der Waals surface area (Å²) in [6, 6.07) is 58.4. The summed E-state index contributed by atoms with van der Waals surface area (Å²) in [6.45, 7) is 16.3. The van der Waals surface area contributed by atoms with Gasteiger partial charge in [-0.15, -0.1) is 0 Å². The molecule has 2 amide bonds. The van der Waals surface area contributed by atoms with Gasteiger partial charge in [-0.1, -0.05) is 153 Å². The van der Waals surface area contributed by atoms with E-state index in [-0.39, 0.29) is 17.8 Å². The first-order valence-corrected chi connectivity index (χ1v) is 28.0. The van der Waals surface area contributed by atoms with Gasteiger partial charge in [0.05, 0.1) is 11.1 Å². The molecule has 0 bridgehead atoms. The van der Waals surface area contributed by atoms with Crippen LogP contribution < -0.4 is 10.6 Å². The number of hydrogen-bond donors (Lipinski definition) is 3. The number of esters is 1. The number of nitrogens with zero attached hydrogens (tertiary/aromatic N) is 2. The number of aryl methyl sites for hydroxylation is 2. The molecule has 2 aromatic heterocycles. The van der Waals surface area contributed by atoms with E-state index in [0.717, 1.165) is 92.2 Å². The number of carbonyl (C=O) groups is 4. The number of aromatic nitrogens is 2. The van der Waals surface area contributed by atoms with Crippen molar-refractivity contribution in [1.82, 2.24) is 19.8 Å². The van der Waals surface area contributed by atoms with Gasteiger partial charge in [-0.3, -0.25) is 9.59 Å². The number of aromatic carboxylic acids is 1. The molecular weight excluding hydrogens is 1130 g/mol. The molecule has 0 radical (unpaired) electrons. The van der Waals surface area contributed by atoms with Crippen LogP contribution in [0.1, 0.15) is 107 Å². The smallest absolute Gasteiger partial charge is 0.339 e. The molecule has 0 spiro atoms. The first kappa shape index (κ1) is 56.4. The van der Waals surface area contributed by atoms with Crippen molar-refractivity contribution < 1.29 is 29.0 Å². The lowest BCUT2D eigenvalue weighted by Gasteiger charge is -2.20. The van der Waals surface area contributed by atoms with Gasteiger partial charge in [-0.2, -0.15) is 0 Å². The minimum atomic E-state index is -0.935. The third-order valence-corrected chi connectivity index (χ3v) is 16.1. The van der Waals surface area contributed by atoms with Crippen LogP contribution in [0.25, 0.3) is 44.1 Å². The van der Waals surface area contributed by atoms with Gasteiger partial charge in [0.15, 0.2) is 0 Å². The van der Waals surface area contributed by atoms with Gasteiger partial charge in [0.1, 0.15) is 5.60 Å². The molecule has 0 unspecified atom stereocenters. The van der Waals surface area contributed by atoms with Gasteiger partial charge in [0.2, 0.25) is 0 Å². The highest BCUT2D eigenvalue weighted by Gasteiger charge is 2.22. The zero-order valence-electron chi connectivity index (χ0n) is 45.8. The van der Waals surface area contributed by atoms with Crippen molar-refractivity contribution in [3.8, 4) is 22.3 Å². The summed E-state index contributed by atoms with van der Waals surface area (Å²) < 4.78 is 12.1. The van der Waals surface area contributed by atoms with Crippen LogP contribution in [0.5, 0.6) is 0 Å². The molecule has 10 aromatic rings. The minimum Gasteiger partial charge on any atom is -0.478 e. The van der Waals surface area contributed by atoms with Crippen LogP contribution in [0.3, 0.4) is 0 Å². The molecule has 0 saturated carbocycles. The van der Waals surface area contributed by atoms with Crippen LogP contribution in [0.4, 0.5) is 0 Å². The summed E-state index contributed by atoms with van der Waals surface area (Å²) in [6.07, 6.45) is 0. The quantitative estimate of drug-likeness (QED) is 0.0930. The summed E-state index contributed by atoms with van der Waals surface area (Å²) in [5, 5.41) is 17.7. The summed E-state index contributed by atoms with van der Waals surface area (Å²) in [4.78, 5) is 50.4. The lowest BCUT2D eigenvalue weighted by atomic mass is 9.98. The van der Waals surface area contributed by atoms with Crippen molar-refractivity contribution in [2.75, 3.05) is 0 Å². The number of rotatable bonds is 14. The monoisotopic (exact) mass is 1190 g/mol. The number of fused-ring (bicyclic) bond motifs is 2. The van der Waals surface area contributed by atoms with E-state index < -0.39 is 11.6 Å². The predicted molar refractivity (Wildman–Crippen MR) is 328 cm³/mol. The molecular formula is C68H62Br2N4O6. The van der Waals surface area contributed by atoms with E-state index in [9.17, 15) is 24.3 Å². The van der Waals surface area contributed by atoms with Gasteiger partial charge in [-0.05, 0) is 165 Å². The molecule has 2 heterocycles. The number of carboxylic acids is 1. The largest absolute Gasteiger partial charge is 0.478 e. The van der Waals surface area contributed by atoms with Crippen molar-refractivity contribution in [2.45, 2.75) is 80.2 Å². The van der Waals surface area contributed by atoms with Gasteiger partial charge in [0.25, 0.3) is 11.8 Å². The number of ether oxygens (including phenoxy) is 1. The number of nitrogens with one attached hydrogen (secondary N) is 2. The molecule has 0 fully saturated rings. The average Bonchev–Trinajstić information content (AvgIpc) is 3.91. The lowest BCUT2D eigenvalue weighted by Crippen LogP contribution is -2.24. The summed E-state index contributed by atoms with van der Waals surface area (Å²) in [5.41, 5.74) is 16.0. The Morgan fingerprint density at radius 1 is 0.500 bits per heavy atom.